The second-order valence-electron chi connectivity index (χ2n) is 5.55. The van der Waals surface area contributed by atoms with Gasteiger partial charge in [-0.1, -0.05) is 53.0 Å². The summed E-state index contributed by atoms with van der Waals surface area (Å²) in [7, 11) is -3.60. The van der Waals surface area contributed by atoms with Crippen molar-refractivity contribution in [2.24, 2.45) is 0 Å². The van der Waals surface area contributed by atoms with Crippen LogP contribution in [0.4, 0.5) is 0 Å². The summed E-state index contributed by atoms with van der Waals surface area (Å²) >= 11 is 17.6. The standard InChI is InChI=1S/C16H15Cl3O3S/c1-16(20,12-3-6-13(17)7-4-12)10-23(21,22)9-11-2-5-14(18)8-15(11)19/h2-8,20H,9-10H2,1H3/t16-/m0/s1. The van der Waals surface area contributed by atoms with Crippen LogP contribution in [0.15, 0.2) is 42.5 Å². The first-order chi connectivity index (χ1) is 10.6. The van der Waals surface area contributed by atoms with E-state index in [0.29, 0.717) is 21.2 Å². The summed E-state index contributed by atoms with van der Waals surface area (Å²) in [4.78, 5) is 0. The molecule has 1 atom stereocenters. The second kappa shape index (κ2) is 6.99. The van der Waals surface area contributed by atoms with E-state index in [1.54, 1.807) is 36.4 Å². The first-order valence-electron chi connectivity index (χ1n) is 6.72. The van der Waals surface area contributed by atoms with E-state index in [1.165, 1.54) is 13.0 Å². The van der Waals surface area contributed by atoms with Gasteiger partial charge in [0.05, 0.1) is 11.5 Å². The Morgan fingerprint density at radius 1 is 1.00 bits per heavy atom. The van der Waals surface area contributed by atoms with Crippen molar-refractivity contribution in [3.8, 4) is 0 Å². The molecule has 7 heteroatoms. The van der Waals surface area contributed by atoms with E-state index in [4.69, 9.17) is 34.8 Å². The van der Waals surface area contributed by atoms with Gasteiger partial charge in [-0.2, -0.15) is 0 Å². The van der Waals surface area contributed by atoms with E-state index in [-0.39, 0.29) is 10.8 Å². The predicted molar refractivity (Wildman–Crippen MR) is 95.0 cm³/mol. The maximum Gasteiger partial charge on any atom is 0.157 e. The number of aliphatic hydroxyl groups is 1. The van der Waals surface area contributed by atoms with Crippen LogP contribution < -0.4 is 0 Å². The minimum atomic E-state index is -3.60. The molecule has 3 nitrogen and oxygen atoms in total. The lowest BCUT2D eigenvalue weighted by Crippen LogP contribution is -2.31. The molecular formula is C16H15Cl3O3S. The monoisotopic (exact) mass is 392 g/mol. The summed E-state index contributed by atoms with van der Waals surface area (Å²) in [5.41, 5.74) is -0.599. The van der Waals surface area contributed by atoms with Crippen LogP contribution in [0.1, 0.15) is 18.1 Å². The smallest absolute Gasteiger partial charge is 0.157 e. The first-order valence-corrected chi connectivity index (χ1v) is 9.67. The van der Waals surface area contributed by atoms with Gasteiger partial charge in [0.2, 0.25) is 0 Å². The Morgan fingerprint density at radius 3 is 2.13 bits per heavy atom. The highest BCUT2D eigenvalue weighted by Gasteiger charge is 2.30. The molecule has 124 valence electrons. The van der Waals surface area contributed by atoms with Crippen LogP contribution in [0.25, 0.3) is 0 Å². The topological polar surface area (TPSA) is 54.4 Å². The van der Waals surface area contributed by atoms with Crippen LogP contribution in [0.2, 0.25) is 15.1 Å². The van der Waals surface area contributed by atoms with Crippen molar-refractivity contribution in [1.82, 2.24) is 0 Å². The Balaban J connectivity index is 2.21. The molecule has 23 heavy (non-hydrogen) atoms. The molecule has 0 fully saturated rings. The lowest BCUT2D eigenvalue weighted by Gasteiger charge is -2.24. The minimum Gasteiger partial charge on any atom is -0.384 e. The molecule has 0 aliphatic heterocycles. The molecule has 0 aliphatic carbocycles. The SMILES string of the molecule is C[C@](O)(CS(=O)(=O)Cc1ccc(Cl)cc1Cl)c1ccc(Cl)cc1. The number of halogens is 3. The van der Waals surface area contributed by atoms with Gasteiger partial charge >= 0.3 is 0 Å². The average molecular weight is 394 g/mol. The number of benzene rings is 2. The molecule has 2 aromatic carbocycles. The third kappa shape index (κ3) is 5.10. The number of hydrogen-bond donors (Lipinski definition) is 1. The number of rotatable bonds is 5. The highest BCUT2D eigenvalue weighted by atomic mass is 35.5. The Kier molecular flexibility index (Phi) is 5.64. The lowest BCUT2D eigenvalue weighted by molar-refractivity contribution is 0.0819. The van der Waals surface area contributed by atoms with Crippen LogP contribution in [0.3, 0.4) is 0 Å². The Morgan fingerprint density at radius 2 is 1.57 bits per heavy atom. The van der Waals surface area contributed by atoms with Crippen molar-refractivity contribution in [3.05, 3.63) is 68.7 Å². The van der Waals surface area contributed by atoms with Gasteiger partial charge in [-0.3, -0.25) is 0 Å². The molecule has 2 aromatic rings. The molecule has 0 unspecified atom stereocenters. The van der Waals surface area contributed by atoms with Crippen LogP contribution >= 0.6 is 34.8 Å². The van der Waals surface area contributed by atoms with Gasteiger partial charge in [-0.15, -0.1) is 0 Å². The number of sulfone groups is 1. The van der Waals surface area contributed by atoms with E-state index < -0.39 is 21.2 Å². The summed E-state index contributed by atoms with van der Waals surface area (Å²) < 4.78 is 24.8. The first kappa shape index (κ1) is 18.6. The second-order valence-corrected chi connectivity index (χ2v) is 8.89. The highest BCUT2D eigenvalue weighted by Crippen LogP contribution is 2.27. The zero-order valence-corrected chi connectivity index (χ0v) is 15.3. The van der Waals surface area contributed by atoms with Gasteiger partial charge < -0.3 is 5.11 Å². The van der Waals surface area contributed by atoms with E-state index in [9.17, 15) is 13.5 Å². The van der Waals surface area contributed by atoms with Crippen LogP contribution in [-0.4, -0.2) is 19.3 Å². The van der Waals surface area contributed by atoms with Gasteiger partial charge in [0.25, 0.3) is 0 Å². The summed E-state index contributed by atoms with van der Waals surface area (Å²) in [6.45, 7) is 1.46. The van der Waals surface area contributed by atoms with E-state index in [2.05, 4.69) is 0 Å². The zero-order valence-electron chi connectivity index (χ0n) is 12.3. The Hall–Kier alpha value is -0.780. The van der Waals surface area contributed by atoms with E-state index in [0.717, 1.165) is 0 Å². The Labute approximate surface area is 150 Å². The molecule has 2 rings (SSSR count). The largest absolute Gasteiger partial charge is 0.384 e. The van der Waals surface area contributed by atoms with Crippen molar-refractivity contribution in [2.75, 3.05) is 5.75 Å². The third-order valence-corrected chi connectivity index (χ3v) is 5.95. The van der Waals surface area contributed by atoms with Crippen molar-refractivity contribution in [3.63, 3.8) is 0 Å². The fourth-order valence-corrected chi connectivity index (χ4v) is 4.78. The molecular weight excluding hydrogens is 379 g/mol. The maximum atomic E-state index is 12.4. The minimum absolute atomic E-state index is 0.271. The fourth-order valence-electron chi connectivity index (χ4n) is 2.25. The molecule has 0 amide bonds. The molecule has 0 radical (unpaired) electrons. The molecule has 1 N–H and O–H groups in total. The van der Waals surface area contributed by atoms with E-state index in [1.807, 2.05) is 0 Å². The van der Waals surface area contributed by atoms with Gasteiger partial charge in [0, 0.05) is 15.1 Å². The molecule has 0 bridgehead atoms. The van der Waals surface area contributed by atoms with Gasteiger partial charge in [0.15, 0.2) is 9.84 Å². The van der Waals surface area contributed by atoms with Gasteiger partial charge in [-0.05, 0) is 42.3 Å². The van der Waals surface area contributed by atoms with Gasteiger partial charge in [-0.25, -0.2) is 8.42 Å². The summed E-state index contributed by atoms with van der Waals surface area (Å²) in [6, 6.07) is 11.1. The van der Waals surface area contributed by atoms with Gasteiger partial charge in [0.1, 0.15) is 5.60 Å². The van der Waals surface area contributed by atoms with E-state index >= 15 is 0 Å². The highest BCUT2D eigenvalue weighted by molar-refractivity contribution is 7.90. The zero-order chi connectivity index (χ0) is 17.3. The van der Waals surface area contributed by atoms with Crippen molar-refractivity contribution < 1.29 is 13.5 Å². The van der Waals surface area contributed by atoms with Crippen LogP contribution in [0, 0.1) is 0 Å². The molecule has 0 spiro atoms. The van der Waals surface area contributed by atoms with Crippen LogP contribution in [-0.2, 0) is 21.2 Å². The van der Waals surface area contributed by atoms with Crippen molar-refractivity contribution >= 4 is 44.6 Å². The summed E-state index contributed by atoms with van der Waals surface area (Å²) in [6.07, 6.45) is 0. The molecule has 0 aromatic heterocycles. The predicted octanol–water partition coefficient (Wildman–Crippen LogP) is 4.47. The molecule has 0 heterocycles. The third-order valence-electron chi connectivity index (χ3n) is 3.36. The van der Waals surface area contributed by atoms with Crippen LogP contribution in [0.5, 0.6) is 0 Å². The van der Waals surface area contributed by atoms with Crippen molar-refractivity contribution in [1.29, 1.82) is 0 Å². The molecule has 0 saturated carbocycles. The van der Waals surface area contributed by atoms with Crippen molar-refractivity contribution in [2.45, 2.75) is 18.3 Å². The number of hydrogen-bond acceptors (Lipinski definition) is 3. The molecule has 0 aliphatic rings. The summed E-state index contributed by atoms with van der Waals surface area (Å²) in [5, 5.41) is 11.8. The quantitative estimate of drug-likeness (QED) is 0.815. The normalized spacial score (nSPS) is 14.5. The average Bonchev–Trinajstić information content (AvgIpc) is 2.41. The fraction of sp³-hybridized carbons (Fsp3) is 0.250. The molecule has 0 saturated heterocycles. The Bertz CT molecular complexity index is 800. The maximum absolute atomic E-state index is 12.4. The lowest BCUT2D eigenvalue weighted by atomic mass is 9.98. The summed E-state index contributed by atoms with van der Waals surface area (Å²) in [5.74, 6) is -0.701.